The smallest absolute Gasteiger partial charge is 0.0367 e. The number of nitrogens with zero attached hydrogens (tertiary/aromatic N) is 2. The molecular weight excluding hydrogens is 222 g/mol. The van der Waals surface area contributed by atoms with Crippen molar-refractivity contribution in [2.75, 3.05) is 24.2 Å². The minimum absolute atomic E-state index is 0.848. The Labute approximate surface area is 108 Å². The standard InChI is InChI=1S/C15H19N3/c1-12-11-14(3-4-15(12)16)18(2)10-7-13-5-8-17-9-6-13/h3-6,8-9,11H,7,10,16H2,1-2H3. The van der Waals surface area contributed by atoms with Crippen LogP contribution in [0.5, 0.6) is 0 Å². The van der Waals surface area contributed by atoms with Crippen LogP contribution in [0.2, 0.25) is 0 Å². The van der Waals surface area contributed by atoms with Crippen LogP contribution in [0.3, 0.4) is 0 Å². The van der Waals surface area contributed by atoms with Gasteiger partial charge in [-0.25, -0.2) is 0 Å². The molecule has 0 saturated heterocycles. The maximum atomic E-state index is 5.83. The van der Waals surface area contributed by atoms with Crippen LogP contribution in [0.4, 0.5) is 11.4 Å². The van der Waals surface area contributed by atoms with Crippen LogP contribution in [0.25, 0.3) is 0 Å². The number of rotatable bonds is 4. The molecule has 1 heterocycles. The van der Waals surface area contributed by atoms with E-state index in [4.69, 9.17) is 5.73 Å². The lowest BCUT2D eigenvalue weighted by Crippen LogP contribution is -2.20. The fraction of sp³-hybridized carbons (Fsp3) is 0.267. The third-order valence-corrected chi connectivity index (χ3v) is 3.18. The second-order valence-electron chi connectivity index (χ2n) is 4.57. The Kier molecular flexibility index (Phi) is 3.82. The van der Waals surface area contributed by atoms with Gasteiger partial charge < -0.3 is 10.6 Å². The van der Waals surface area contributed by atoms with E-state index in [2.05, 4.69) is 41.2 Å². The van der Waals surface area contributed by atoms with Gasteiger partial charge >= 0.3 is 0 Å². The SMILES string of the molecule is Cc1cc(N(C)CCc2ccncc2)ccc1N. The molecule has 1 aromatic heterocycles. The molecule has 3 nitrogen and oxygen atoms in total. The summed E-state index contributed by atoms with van der Waals surface area (Å²) in [6, 6.07) is 10.3. The average molecular weight is 241 g/mol. The molecule has 0 atom stereocenters. The molecule has 0 saturated carbocycles. The highest BCUT2D eigenvalue weighted by atomic mass is 15.1. The zero-order valence-corrected chi connectivity index (χ0v) is 10.9. The van der Waals surface area contributed by atoms with E-state index in [1.807, 2.05) is 25.4 Å². The number of hydrogen-bond donors (Lipinski definition) is 1. The summed E-state index contributed by atoms with van der Waals surface area (Å²) in [5.74, 6) is 0. The fourth-order valence-electron chi connectivity index (χ4n) is 1.87. The number of anilines is 2. The van der Waals surface area contributed by atoms with Gasteiger partial charge in [0.15, 0.2) is 0 Å². The minimum atomic E-state index is 0.848. The summed E-state index contributed by atoms with van der Waals surface area (Å²) in [5, 5.41) is 0. The van der Waals surface area contributed by atoms with Crippen LogP contribution in [0, 0.1) is 6.92 Å². The van der Waals surface area contributed by atoms with Gasteiger partial charge in [0.1, 0.15) is 0 Å². The van der Waals surface area contributed by atoms with Gasteiger partial charge in [-0.15, -0.1) is 0 Å². The highest BCUT2D eigenvalue weighted by Gasteiger charge is 2.03. The average Bonchev–Trinajstić information content (AvgIpc) is 2.40. The van der Waals surface area contributed by atoms with Crippen molar-refractivity contribution in [3.63, 3.8) is 0 Å². The lowest BCUT2D eigenvalue weighted by molar-refractivity contribution is 0.874. The molecule has 0 spiro atoms. The van der Waals surface area contributed by atoms with E-state index in [0.717, 1.165) is 24.2 Å². The van der Waals surface area contributed by atoms with Crippen LogP contribution in [0.15, 0.2) is 42.7 Å². The van der Waals surface area contributed by atoms with E-state index < -0.39 is 0 Å². The van der Waals surface area contributed by atoms with Crippen molar-refractivity contribution in [3.05, 3.63) is 53.9 Å². The Balaban J connectivity index is 1.99. The Morgan fingerprint density at radius 3 is 2.56 bits per heavy atom. The Hall–Kier alpha value is -2.03. The van der Waals surface area contributed by atoms with Gasteiger partial charge in [0.05, 0.1) is 0 Å². The first-order valence-electron chi connectivity index (χ1n) is 6.13. The number of nitrogen functional groups attached to an aromatic ring is 1. The van der Waals surface area contributed by atoms with Crippen molar-refractivity contribution in [2.24, 2.45) is 0 Å². The zero-order valence-electron chi connectivity index (χ0n) is 10.9. The molecule has 18 heavy (non-hydrogen) atoms. The summed E-state index contributed by atoms with van der Waals surface area (Å²) >= 11 is 0. The Bertz CT molecular complexity index is 508. The van der Waals surface area contributed by atoms with Gasteiger partial charge in [-0.1, -0.05) is 0 Å². The number of nitrogens with two attached hydrogens (primary N) is 1. The van der Waals surface area contributed by atoms with Gasteiger partial charge in [-0.05, 0) is 54.8 Å². The maximum absolute atomic E-state index is 5.83. The lowest BCUT2D eigenvalue weighted by Gasteiger charge is -2.20. The quantitative estimate of drug-likeness (QED) is 0.837. The number of hydrogen-bond acceptors (Lipinski definition) is 3. The van der Waals surface area contributed by atoms with Crippen molar-refractivity contribution in [1.82, 2.24) is 4.98 Å². The number of benzene rings is 1. The van der Waals surface area contributed by atoms with Crippen molar-refractivity contribution in [3.8, 4) is 0 Å². The first-order chi connectivity index (χ1) is 8.66. The van der Waals surface area contributed by atoms with Crippen LogP contribution < -0.4 is 10.6 Å². The van der Waals surface area contributed by atoms with E-state index in [1.54, 1.807) is 0 Å². The van der Waals surface area contributed by atoms with E-state index in [1.165, 1.54) is 11.3 Å². The molecule has 3 heteroatoms. The van der Waals surface area contributed by atoms with Gasteiger partial charge in [0, 0.05) is 37.4 Å². The predicted molar refractivity (Wildman–Crippen MR) is 76.8 cm³/mol. The predicted octanol–water partition coefficient (Wildman–Crippen LogP) is 2.65. The number of pyridine rings is 1. The van der Waals surface area contributed by atoms with E-state index in [-0.39, 0.29) is 0 Å². The maximum Gasteiger partial charge on any atom is 0.0367 e. The Morgan fingerprint density at radius 2 is 1.89 bits per heavy atom. The summed E-state index contributed by atoms with van der Waals surface area (Å²) in [5.41, 5.74) is 10.3. The second kappa shape index (κ2) is 5.54. The molecule has 1 aromatic carbocycles. The number of aryl methyl sites for hydroxylation is 1. The van der Waals surface area contributed by atoms with Crippen molar-refractivity contribution in [2.45, 2.75) is 13.3 Å². The third-order valence-electron chi connectivity index (χ3n) is 3.18. The summed E-state index contributed by atoms with van der Waals surface area (Å²) < 4.78 is 0. The molecule has 2 N–H and O–H groups in total. The molecule has 0 aliphatic rings. The monoisotopic (exact) mass is 241 g/mol. The normalized spacial score (nSPS) is 10.3. The molecule has 2 aromatic rings. The van der Waals surface area contributed by atoms with E-state index >= 15 is 0 Å². The zero-order chi connectivity index (χ0) is 13.0. The van der Waals surface area contributed by atoms with Crippen molar-refractivity contribution >= 4 is 11.4 Å². The third kappa shape index (κ3) is 3.00. The van der Waals surface area contributed by atoms with Crippen LogP contribution in [-0.2, 0) is 6.42 Å². The minimum Gasteiger partial charge on any atom is -0.399 e. The summed E-state index contributed by atoms with van der Waals surface area (Å²) in [6.07, 6.45) is 4.69. The lowest BCUT2D eigenvalue weighted by atomic mass is 10.1. The van der Waals surface area contributed by atoms with E-state index in [0.29, 0.717) is 0 Å². The highest BCUT2D eigenvalue weighted by molar-refractivity contribution is 5.57. The van der Waals surface area contributed by atoms with Crippen molar-refractivity contribution < 1.29 is 0 Å². The molecule has 0 bridgehead atoms. The molecule has 0 aliphatic heterocycles. The van der Waals surface area contributed by atoms with Gasteiger partial charge in [-0.3, -0.25) is 4.98 Å². The topological polar surface area (TPSA) is 42.2 Å². The highest BCUT2D eigenvalue weighted by Crippen LogP contribution is 2.19. The first-order valence-corrected chi connectivity index (χ1v) is 6.13. The molecule has 0 fully saturated rings. The second-order valence-corrected chi connectivity index (χ2v) is 4.57. The Morgan fingerprint density at radius 1 is 1.17 bits per heavy atom. The fourth-order valence-corrected chi connectivity index (χ4v) is 1.87. The number of aromatic nitrogens is 1. The molecule has 94 valence electrons. The summed E-state index contributed by atoms with van der Waals surface area (Å²) in [6.45, 7) is 3.02. The van der Waals surface area contributed by atoms with Gasteiger partial charge in [0.2, 0.25) is 0 Å². The van der Waals surface area contributed by atoms with Gasteiger partial charge in [0.25, 0.3) is 0 Å². The summed E-state index contributed by atoms with van der Waals surface area (Å²) in [4.78, 5) is 6.27. The summed E-state index contributed by atoms with van der Waals surface area (Å²) in [7, 11) is 2.10. The van der Waals surface area contributed by atoms with Crippen LogP contribution in [0.1, 0.15) is 11.1 Å². The molecule has 0 aliphatic carbocycles. The first kappa shape index (κ1) is 12.4. The van der Waals surface area contributed by atoms with Crippen LogP contribution >= 0.6 is 0 Å². The van der Waals surface area contributed by atoms with Gasteiger partial charge in [-0.2, -0.15) is 0 Å². The molecule has 0 unspecified atom stereocenters. The molecule has 0 amide bonds. The molecule has 0 radical (unpaired) electrons. The largest absolute Gasteiger partial charge is 0.399 e. The van der Waals surface area contributed by atoms with Crippen LogP contribution in [-0.4, -0.2) is 18.6 Å². The molecule has 2 rings (SSSR count). The molecular formula is C15H19N3. The number of likely N-dealkylation sites (N-methyl/N-ethyl adjacent to an activating group) is 1. The van der Waals surface area contributed by atoms with Crippen molar-refractivity contribution in [1.29, 1.82) is 0 Å². The van der Waals surface area contributed by atoms with E-state index in [9.17, 15) is 0 Å².